The summed E-state index contributed by atoms with van der Waals surface area (Å²) in [4.78, 5) is 6.80. The molecule has 1 saturated heterocycles. The van der Waals surface area contributed by atoms with Crippen LogP contribution in [-0.2, 0) is 0 Å². The lowest BCUT2D eigenvalue weighted by Crippen LogP contribution is -2.44. The highest BCUT2D eigenvalue weighted by molar-refractivity contribution is 5.85. The summed E-state index contributed by atoms with van der Waals surface area (Å²) < 4.78 is 7.36. The number of hydrogen-bond acceptors (Lipinski definition) is 7. The topological polar surface area (TPSA) is 84.4 Å². The van der Waals surface area contributed by atoms with Crippen LogP contribution in [0.4, 0.5) is 0 Å². The second-order valence-electron chi connectivity index (χ2n) is 5.55. The van der Waals surface area contributed by atoms with Crippen molar-refractivity contribution in [2.24, 2.45) is 0 Å². The predicted molar refractivity (Wildman–Crippen MR) is 86.5 cm³/mol. The van der Waals surface area contributed by atoms with Crippen molar-refractivity contribution in [2.45, 2.75) is 13.0 Å². The standard InChI is InChI=1S/C14H17N7O.ClH/c1-9-17-18-12-4-3-10(8-21(9)12)14-16-13(19-22-14)11-7-15-5-6-20(11)2;/h3-4,8,11,15H,5-7H2,1-2H3;1H. The van der Waals surface area contributed by atoms with Crippen molar-refractivity contribution < 1.29 is 4.52 Å². The maximum absolute atomic E-state index is 5.45. The lowest BCUT2D eigenvalue weighted by atomic mass is 10.2. The Hall–Kier alpha value is -2.03. The molecule has 4 rings (SSSR count). The highest BCUT2D eigenvalue weighted by Gasteiger charge is 2.25. The molecule has 3 aromatic heterocycles. The number of aryl methyl sites for hydroxylation is 1. The van der Waals surface area contributed by atoms with Crippen molar-refractivity contribution in [1.82, 2.24) is 35.0 Å². The molecule has 9 heteroatoms. The number of hydrogen-bond donors (Lipinski definition) is 1. The van der Waals surface area contributed by atoms with Crippen LogP contribution >= 0.6 is 12.4 Å². The SMILES string of the molecule is Cc1nnc2ccc(-c3nc(C4CNCCN4C)no3)cn12.Cl. The molecule has 4 heterocycles. The van der Waals surface area contributed by atoms with Crippen molar-refractivity contribution in [2.75, 3.05) is 26.7 Å². The normalized spacial score (nSPS) is 19.0. The average Bonchev–Trinajstić information content (AvgIpc) is 3.15. The number of rotatable bonds is 2. The molecular formula is C14H18ClN7O. The van der Waals surface area contributed by atoms with Gasteiger partial charge in [-0.05, 0) is 26.1 Å². The minimum Gasteiger partial charge on any atom is -0.334 e. The number of nitrogens with zero attached hydrogens (tertiary/aromatic N) is 6. The van der Waals surface area contributed by atoms with Gasteiger partial charge < -0.3 is 9.84 Å². The maximum Gasteiger partial charge on any atom is 0.259 e. The van der Waals surface area contributed by atoms with Crippen molar-refractivity contribution >= 4 is 18.1 Å². The third-order valence-corrected chi connectivity index (χ3v) is 4.07. The van der Waals surface area contributed by atoms with Gasteiger partial charge in [0, 0.05) is 25.8 Å². The van der Waals surface area contributed by atoms with Crippen LogP contribution in [0.2, 0.25) is 0 Å². The predicted octanol–water partition coefficient (Wildman–Crippen LogP) is 1.09. The molecule has 122 valence electrons. The largest absolute Gasteiger partial charge is 0.334 e. The summed E-state index contributed by atoms with van der Waals surface area (Å²) in [6.07, 6.45) is 1.92. The molecule has 0 spiro atoms. The van der Waals surface area contributed by atoms with E-state index >= 15 is 0 Å². The van der Waals surface area contributed by atoms with Crippen LogP contribution in [0.3, 0.4) is 0 Å². The monoisotopic (exact) mass is 335 g/mol. The van der Waals surface area contributed by atoms with E-state index in [1.807, 2.05) is 29.7 Å². The van der Waals surface area contributed by atoms with Gasteiger partial charge in [0.1, 0.15) is 5.82 Å². The van der Waals surface area contributed by atoms with Gasteiger partial charge in [-0.2, -0.15) is 4.98 Å². The number of piperazine rings is 1. The molecule has 1 fully saturated rings. The zero-order valence-corrected chi connectivity index (χ0v) is 13.7. The van der Waals surface area contributed by atoms with Crippen LogP contribution in [0.5, 0.6) is 0 Å². The van der Waals surface area contributed by atoms with Crippen molar-refractivity contribution in [3.8, 4) is 11.5 Å². The van der Waals surface area contributed by atoms with Gasteiger partial charge in [0.25, 0.3) is 5.89 Å². The summed E-state index contributed by atoms with van der Waals surface area (Å²) in [6, 6.07) is 3.96. The third kappa shape index (κ3) is 2.80. The number of aromatic nitrogens is 5. The van der Waals surface area contributed by atoms with Crippen molar-refractivity contribution in [1.29, 1.82) is 0 Å². The Morgan fingerprint density at radius 3 is 3.00 bits per heavy atom. The molecule has 0 radical (unpaired) electrons. The van der Waals surface area contributed by atoms with Crippen molar-refractivity contribution in [3.63, 3.8) is 0 Å². The van der Waals surface area contributed by atoms with E-state index in [-0.39, 0.29) is 18.4 Å². The van der Waals surface area contributed by atoms with Gasteiger partial charge in [0.15, 0.2) is 11.5 Å². The lowest BCUT2D eigenvalue weighted by Gasteiger charge is -2.30. The zero-order chi connectivity index (χ0) is 15.1. The van der Waals surface area contributed by atoms with Crippen LogP contribution in [0.15, 0.2) is 22.9 Å². The van der Waals surface area contributed by atoms with Crippen LogP contribution in [0.1, 0.15) is 17.7 Å². The lowest BCUT2D eigenvalue weighted by molar-refractivity contribution is 0.190. The number of pyridine rings is 1. The number of halogens is 1. The molecule has 3 aromatic rings. The average molecular weight is 336 g/mol. The Morgan fingerprint density at radius 2 is 2.17 bits per heavy atom. The molecule has 8 nitrogen and oxygen atoms in total. The number of likely N-dealkylation sites (N-methyl/N-ethyl adjacent to an activating group) is 1. The van der Waals surface area contributed by atoms with E-state index in [4.69, 9.17) is 4.52 Å². The van der Waals surface area contributed by atoms with E-state index in [1.54, 1.807) is 0 Å². The third-order valence-electron chi connectivity index (χ3n) is 4.07. The second kappa shape index (κ2) is 6.23. The van der Waals surface area contributed by atoms with Crippen LogP contribution < -0.4 is 5.32 Å². The Kier molecular flexibility index (Phi) is 4.29. The molecule has 23 heavy (non-hydrogen) atoms. The number of nitrogens with one attached hydrogen (secondary N) is 1. The molecule has 0 amide bonds. The quantitative estimate of drug-likeness (QED) is 0.750. The first-order valence-electron chi connectivity index (χ1n) is 7.29. The fourth-order valence-corrected chi connectivity index (χ4v) is 2.71. The summed E-state index contributed by atoms with van der Waals surface area (Å²) in [6.45, 7) is 4.70. The van der Waals surface area contributed by atoms with Crippen LogP contribution in [0.25, 0.3) is 17.1 Å². The first-order valence-corrected chi connectivity index (χ1v) is 7.29. The fourth-order valence-electron chi connectivity index (χ4n) is 2.71. The summed E-state index contributed by atoms with van der Waals surface area (Å²) in [5, 5.41) is 15.6. The Morgan fingerprint density at radius 1 is 1.30 bits per heavy atom. The highest BCUT2D eigenvalue weighted by atomic mass is 35.5. The fraction of sp³-hybridized carbons (Fsp3) is 0.429. The maximum atomic E-state index is 5.45. The minimum atomic E-state index is 0. The molecule has 1 N–H and O–H groups in total. The number of fused-ring (bicyclic) bond motifs is 1. The molecule has 1 aliphatic heterocycles. The molecule has 0 saturated carbocycles. The van der Waals surface area contributed by atoms with Crippen LogP contribution in [-0.4, -0.2) is 56.3 Å². The van der Waals surface area contributed by atoms with E-state index in [1.165, 1.54) is 0 Å². The van der Waals surface area contributed by atoms with Crippen LogP contribution in [0, 0.1) is 6.92 Å². The highest BCUT2D eigenvalue weighted by Crippen LogP contribution is 2.23. The van der Waals surface area contributed by atoms with Gasteiger partial charge >= 0.3 is 0 Å². The molecule has 1 atom stereocenters. The van der Waals surface area contributed by atoms with Gasteiger partial charge in [-0.15, -0.1) is 22.6 Å². The molecular weight excluding hydrogens is 318 g/mol. The second-order valence-corrected chi connectivity index (χ2v) is 5.55. The van der Waals surface area contributed by atoms with E-state index < -0.39 is 0 Å². The van der Waals surface area contributed by atoms with E-state index in [0.717, 1.165) is 36.7 Å². The summed E-state index contributed by atoms with van der Waals surface area (Å²) in [7, 11) is 2.08. The van der Waals surface area contributed by atoms with E-state index in [0.29, 0.717) is 11.7 Å². The first kappa shape index (κ1) is 15.9. The van der Waals surface area contributed by atoms with E-state index in [2.05, 4.69) is 37.6 Å². The zero-order valence-electron chi connectivity index (χ0n) is 12.9. The Balaban J connectivity index is 0.00000156. The Labute approximate surface area is 139 Å². The first-order chi connectivity index (χ1) is 10.7. The minimum absolute atomic E-state index is 0. The summed E-state index contributed by atoms with van der Waals surface area (Å²) in [5.74, 6) is 2.06. The summed E-state index contributed by atoms with van der Waals surface area (Å²) >= 11 is 0. The summed E-state index contributed by atoms with van der Waals surface area (Å²) in [5.41, 5.74) is 1.66. The molecule has 1 aliphatic rings. The molecule has 0 aliphatic carbocycles. The molecule has 1 unspecified atom stereocenters. The smallest absolute Gasteiger partial charge is 0.259 e. The van der Waals surface area contributed by atoms with Gasteiger partial charge in [0.05, 0.1) is 11.6 Å². The van der Waals surface area contributed by atoms with E-state index in [9.17, 15) is 0 Å². The van der Waals surface area contributed by atoms with Gasteiger partial charge in [-0.3, -0.25) is 9.30 Å². The Bertz CT molecular complexity index is 814. The van der Waals surface area contributed by atoms with Crippen molar-refractivity contribution in [3.05, 3.63) is 30.0 Å². The van der Waals surface area contributed by atoms with Gasteiger partial charge in [0.2, 0.25) is 0 Å². The van der Waals surface area contributed by atoms with Gasteiger partial charge in [-0.1, -0.05) is 5.16 Å². The van der Waals surface area contributed by atoms with Gasteiger partial charge in [-0.25, -0.2) is 0 Å². The molecule has 0 bridgehead atoms. The molecule has 0 aromatic carbocycles.